The summed E-state index contributed by atoms with van der Waals surface area (Å²) in [6, 6.07) is 9.07. The first-order valence-electron chi connectivity index (χ1n) is 10.4. The summed E-state index contributed by atoms with van der Waals surface area (Å²) in [5.41, 5.74) is 0.650. The van der Waals surface area contributed by atoms with Crippen LogP contribution in [0.5, 0.6) is 0 Å². The number of tetrazole rings is 1. The second kappa shape index (κ2) is 7.93. The molecule has 0 N–H and O–H groups in total. The Bertz CT molecular complexity index is 874. The van der Waals surface area contributed by atoms with Crippen molar-refractivity contribution in [2.45, 2.75) is 57.5 Å². The monoisotopic (exact) mass is 396 g/mol. The van der Waals surface area contributed by atoms with E-state index in [-0.39, 0.29) is 17.4 Å². The van der Waals surface area contributed by atoms with Gasteiger partial charge in [0.2, 0.25) is 17.6 Å². The Hall–Kier alpha value is -2.77. The molecule has 2 amide bonds. The first-order chi connectivity index (χ1) is 14.0. The van der Waals surface area contributed by atoms with Crippen LogP contribution in [-0.4, -0.2) is 67.0 Å². The van der Waals surface area contributed by atoms with Crippen LogP contribution in [0.25, 0.3) is 11.4 Å². The van der Waals surface area contributed by atoms with E-state index < -0.39 is 6.04 Å². The van der Waals surface area contributed by atoms with Gasteiger partial charge < -0.3 is 9.80 Å². The highest BCUT2D eigenvalue weighted by atomic mass is 16.2. The number of piperazine rings is 1. The van der Waals surface area contributed by atoms with E-state index in [1.54, 1.807) is 6.92 Å². The lowest BCUT2D eigenvalue weighted by molar-refractivity contribution is -0.152. The number of carbonyl (C=O) groups excluding carboxylic acids is 2. The Balaban J connectivity index is 1.50. The smallest absolute Gasteiger partial charge is 0.249 e. The number of hydrogen-bond donors (Lipinski definition) is 0. The molecule has 1 spiro atoms. The van der Waals surface area contributed by atoms with Crippen LogP contribution in [0.15, 0.2) is 30.3 Å². The van der Waals surface area contributed by atoms with Crippen molar-refractivity contribution in [2.75, 3.05) is 19.6 Å². The molecule has 1 unspecified atom stereocenters. The lowest BCUT2D eigenvalue weighted by Gasteiger charge is -2.52. The van der Waals surface area contributed by atoms with Crippen molar-refractivity contribution in [2.24, 2.45) is 0 Å². The molecule has 1 aliphatic carbocycles. The molecule has 0 radical (unpaired) electrons. The molecule has 1 saturated heterocycles. The molecule has 0 bridgehead atoms. The lowest BCUT2D eigenvalue weighted by Crippen LogP contribution is -2.65. The van der Waals surface area contributed by atoms with Crippen LogP contribution in [0.1, 0.15) is 52.0 Å². The van der Waals surface area contributed by atoms with Gasteiger partial charge in [0, 0.05) is 32.1 Å². The Morgan fingerprint density at radius 2 is 1.79 bits per heavy atom. The van der Waals surface area contributed by atoms with E-state index in [4.69, 9.17) is 0 Å². The minimum absolute atomic E-state index is 0.0184. The van der Waals surface area contributed by atoms with E-state index >= 15 is 0 Å². The minimum atomic E-state index is -0.538. The zero-order chi connectivity index (χ0) is 20.4. The Labute approximate surface area is 170 Å². The zero-order valence-electron chi connectivity index (χ0n) is 17.1. The maximum atomic E-state index is 13.2. The summed E-state index contributed by atoms with van der Waals surface area (Å²) in [7, 11) is 0. The predicted octanol–water partition coefficient (Wildman–Crippen LogP) is 2.29. The van der Waals surface area contributed by atoms with Gasteiger partial charge in [0.15, 0.2) is 0 Å². The van der Waals surface area contributed by atoms with Crippen LogP contribution in [-0.2, 0) is 9.59 Å². The van der Waals surface area contributed by atoms with Crippen molar-refractivity contribution >= 4 is 11.8 Å². The van der Waals surface area contributed by atoms with Gasteiger partial charge in [-0.2, -0.15) is 4.80 Å². The molecule has 1 saturated carbocycles. The highest BCUT2D eigenvalue weighted by Gasteiger charge is 2.45. The van der Waals surface area contributed by atoms with Gasteiger partial charge in [-0.15, -0.1) is 10.2 Å². The maximum Gasteiger partial charge on any atom is 0.249 e. The summed E-state index contributed by atoms with van der Waals surface area (Å²) < 4.78 is 0. The van der Waals surface area contributed by atoms with Crippen LogP contribution < -0.4 is 0 Å². The van der Waals surface area contributed by atoms with Gasteiger partial charge in [0.05, 0.1) is 5.54 Å². The molecule has 154 valence electrons. The van der Waals surface area contributed by atoms with Gasteiger partial charge >= 0.3 is 0 Å². The Morgan fingerprint density at radius 3 is 2.48 bits per heavy atom. The predicted molar refractivity (Wildman–Crippen MR) is 108 cm³/mol. The highest BCUT2D eigenvalue weighted by molar-refractivity contribution is 5.81. The van der Waals surface area contributed by atoms with Crippen molar-refractivity contribution in [3.8, 4) is 11.4 Å². The van der Waals surface area contributed by atoms with E-state index in [0.717, 1.165) is 31.2 Å². The third-order valence-corrected chi connectivity index (χ3v) is 6.29. The van der Waals surface area contributed by atoms with Crippen LogP contribution in [0.2, 0.25) is 0 Å². The van der Waals surface area contributed by atoms with E-state index in [0.29, 0.717) is 25.5 Å². The summed E-state index contributed by atoms with van der Waals surface area (Å²) >= 11 is 0. The van der Waals surface area contributed by atoms with Crippen LogP contribution in [0.3, 0.4) is 0 Å². The standard InChI is InChI=1S/C21H28N6O2/c1-16(27-23-19(22-24-27)18-9-5-3-6-10-18)20(29)25-13-14-26(17(2)28)21(15-25)11-7-4-8-12-21/h3,5-6,9-10,16H,4,7-8,11-15H2,1-2H3. The number of hydrogen-bond acceptors (Lipinski definition) is 5. The average molecular weight is 396 g/mol. The van der Waals surface area contributed by atoms with E-state index in [2.05, 4.69) is 15.4 Å². The third-order valence-electron chi connectivity index (χ3n) is 6.29. The zero-order valence-corrected chi connectivity index (χ0v) is 17.1. The van der Waals surface area contributed by atoms with Crippen molar-refractivity contribution in [3.05, 3.63) is 30.3 Å². The van der Waals surface area contributed by atoms with Gasteiger partial charge in [-0.25, -0.2) is 0 Å². The van der Waals surface area contributed by atoms with E-state index in [9.17, 15) is 9.59 Å². The fraction of sp³-hybridized carbons (Fsp3) is 0.571. The number of benzene rings is 1. The molecule has 1 atom stereocenters. The number of aromatic nitrogens is 4. The molecule has 2 aromatic rings. The molecular weight excluding hydrogens is 368 g/mol. The normalized spacial score (nSPS) is 19.9. The van der Waals surface area contributed by atoms with Crippen molar-refractivity contribution in [1.29, 1.82) is 0 Å². The maximum absolute atomic E-state index is 13.2. The van der Waals surface area contributed by atoms with Gasteiger partial charge in [0.25, 0.3) is 0 Å². The molecule has 1 aliphatic heterocycles. The first-order valence-corrected chi connectivity index (χ1v) is 10.4. The molecule has 2 fully saturated rings. The van der Waals surface area contributed by atoms with Gasteiger partial charge in [0.1, 0.15) is 6.04 Å². The Kier molecular flexibility index (Phi) is 5.34. The summed E-state index contributed by atoms with van der Waals surface area (Å²) in [4.78, 5) is 30.8. The summed E-state index contributed by atoms with van der Waals surface area (Å²) in [5.74, 6) is 0.600. The summed E-state index contributed by atoms with van der Waals surface area (Å²) in [5, 5.41) is 12.7. The molecule has 29 heavy (non-hydrogen) atoms. The Morgan fingerprint density at radius 1 is 1.07 bits per heavy atom. The molecule has 8 heteroatoms. The third kappa shape index (κ3) is 3.75. The number of nitrogens with zero attached hydrogens (tertiary/aromatic N) is 6. The SMILES string of the molecule is CC(=O)N1CCN(C(=O)C(C)n2nnc(-c3ccccc3)n2)CC12CCCCC2. The van der Waals surface area contributed by atoms with Crippen molar-refractivity contribution in [3.63, 3.8) is 0 Å². The molecule has 1 aromatic carbocycles. The van der Waals surface area contributed by atoms with Crippen molar-refractivity contribution in [1.82, 2.24) is 30.0 Å². The van der Waals surface area contributed by atoms with E-state index in [1.807, 2.05) is 47.1 Å². The van der Waals surface area contributed by atoms with Gasteiger partial charge in [-0.3, -0.25) is 9.59 Å². The van der Waals surface area contributed by atoms with Crippen LogP contribution in [0, 0.1) is 0 Å². The molecule has 1 aromatic heterocycles. The minimum Gasteiger partial charge on any atom is -0.337 e. The average Bonchev–Trinajstić information content (AvgIpc) is 3.24. The second-order valence-corrected chi connectivity index (χ2v) is 8.19. The lowest BCUT2D eigenvalue weighted by atomic mass is 9.78. The highest BCUT2D eigenvalue weighted by Crippen LogP contribution is 2.37. The molecule has 2 aliphatic rings. The fourth-order valence-electron chi connectivity index (χ4n) is 4.75. The quantitative estimate of drug-likeness (QED) is 0.795. The molecule has 4 rings (SSSR count). The van der Waals surface area contributed by atoms with Gasteiger partial charge in [-0.05, 0) is 25.0 Å². The molecule has 8 nitrogen and oxygen atoms in total. The number of carbonyl (C=O) groups is 2. The van der Waals surface area contributed by atoms with Gasteiger partial charge in [-0.1, -0.05) is 49.6 Å². The first kappa shape index (κ1) is 19.5. The van der Waals surface area contributed by atoms with Crippen LogP contribution >= 0.6 is 0 Å². The van der Waals surface area contributed by atoms with Crippen LogP contribution in [0.4, 0.5) is 0 Å². The fourth-order valence-corrected chi connectivity index (χ4v) is 4.75. The van der Waals surface area contributed by atoms with Crippen molar-refractivity contribution < 1.29 is 9.59 Å². The summed E-state index contributed by atoms with van der Waals surface area (Å²) in [6.45, 7) is 5.18. The molecule has 2 heterocycles. The summed E-state index contributed by atoms with van der Waals surface area (Å²) in [6.07, 6.45) is 5.33. The second-order valence-electron chi connectivity index (χ2n) is 8.19. The number of amides is 2. The topological polar surface area (TPSA) is 84.2 Å². The molecular formula is C21H28N6O2. The van der Waals surface area contributed by atoms with E-state index in [1.165, 1.54) is 11.2 Å². The largest absolute Gasteiger partial charge is 0.337 e. The number of rotatable bonds is 3.